The Morgan fingerprint density at radius 3 is 2.94 bits per heavy atom. The molecular formula is C12H22N2OS. The van der Waals surface area contributed by atoms with E-state index in [9.17, 15) is 4.79 Å². The van der Waals surface area contributed by atoms with Gasteiger partial charge in [0.15, 0.2) is 0 Å². The molecular weight excluding hydrogens is 220 g/mol. The molecule has 0 saturated carbocycles. The minimum atomic E-state index is 0.177. The third-order valence-corrected chi connectivity index (χ3v) is 4.58. The summed E-state index contributed by atoms with van der Waals surface area (Å²) >= 11 is 1.77. The van der Waals surface area contributed by atoms with Gasteiger partial charge in [-0.3, -0.25) is 4.79 Å². The number of rotatable bonds is 3. The predicted octanol–water partition coefficient (Wildman–Crippen LogP) is 1.34. The van der Waals surface area contributed by atoms with Crippen molar-refractivity contribution in [3.63, 3.8) is 0 Å². The molecule has 0 aliphatic carbocycles. The van der Waals surface area contributed by atoms with Crippen LogP contribution in [0.1, 0.15) is 26.2 Å². The molecule has 92 valence electrons. The Balaban J connectivity index is 2.04. The molecule has 0 spiro atoms. The van der Waals surface area contributed by atoms with E-state index in [1.54, 1.807) is 11.8 Å². The first-order chi connectivity index (χ1) is 7.74. The SMILES string of the molecule is CSCC(C)C(=O)N1C2CCNCC1CC2. The molecule has 2 aliphatic heterocycles. The van der Waals surface area contributed by atoms with Crippen molar-refractivity contribution in [2.75, 3.05) is 25.1 Å². The van der Waals surface area contributed by atoms with Crippen LogP contribution < -0.4 is 5.32 Å². The van der Waals surface area contributed by atoms with E-state index in [4.69, 9.17) is 0 Å². The lowest BCUT2D eigenvalue weighted by atomic mass is 10.1. The summed E-state index contributed by atoms with van der Waals surface area (Å²) in [7, 11) is 0. The van der Waals surface area contributed by atoms with Crippen molar-refractivity contribution in [1.82, 2.24) is 10.2 Å². The molecule has 2 aliphatic rings. The summed E-state index contributed by atoms with van der Waals surface area (Å²) in [5, 5.41) is 3.44. The molecule has 16 heavy (non-hydrogen) atoms. The fourth-order valence-electron chi connectivity index (χ4n) is 2.92. The molecule has 3 nitrogen and oxygen atoms in total. The quantitative estimate of drug-likeness (QED) is 0.810. The lowest BCUT2D eigenvalue weighted by Gasteiger charge is -2.30. The molecule has 0 aromatic heterocycles. The number of nitrogens with zero attached hydrogens (tertiary/aromatic N) is 1. The zero-order chi connectivity index (χ0) is 11.5. The van der Waals surface area contributed by atoms with Crippen LogP contribution in [0, 0.1) is 5.92 Å². The van der Waals surface area contributed by atoms with Crippen LogP contribution in [0.2, 0.25) is 0 Å². The van der Waals surface area contributed by atoms with Crippen molar-refractivity contribution in [2.24, 2.45) is 5.92 Å². The normalized spacial score (nSPS) is 31.2. The number of hydrogen-bond acceptors (Lipinski definition) is 3. The first kappa shape index (κ1) is 12.2. The minimum Gasteiger partial charge on any atom is -0.335 e. The van der Waals surface area contributed by atoms with E-state index >= 15 is 0 Å². The summed E-state index contributed by atoms with van der Waals surface area (Å²) < 4.78 is 0. The topological polar surface area (TPSA) is 32.3 Å². The van der Waals surface area contributed by atoms with E-state index < -0.39 is 0 Å². The Morgan fingerprint density at radius 2 is 2.19 bits per heavy atom. The molecule has 2 fully saturated rings. The minimum absolute atomic E-state index is 0.177. The van der Waals surface area contributed by atoms with E-state index in [1.807, 2.05) is 0 Å². The van der Waals surface area contributed by atoms with Crippen molar-refractivity contribution in [2.45, 2.75) is 38.3 Å². The Bertz CT molecular complexity index is 245. The Labute approximate surface area is 102 Å². The maximum Gasteiger partial charge on any atom is 0.226 e. The standard InChI is InChI=1S/C12H22N2OS/c1-9(8-16-2)12(15)14-10-3-4-11(14)7-13-6-5-10/h9-11,13H,3-8H2,1-2H3. The van der Waals surface area contributed by atoms with Crippen LogP contribution in [0.3, 0.4) is 0 Å². The summed E-state index contributed by atoms with van der Waals surface area (Å²) in [6.07, 6.45) is 5.61. The van der Waals surface area contributed by atoms with Gasteiger partial charge in [-0.1, -0.05) is 6.92 Å². The zero-order valence-electron chi connectivity index (χ0n) is 10.2. The summed E-state index contributed by atoms with van der Waals surface area (Å²) in [6.45, 7) is 4.13. The maximum absolute atomic E-state index is 12.4. The molecule has 2 saturated heterocycles. The molecule has 2 heterocycles. The van der Waals surface area contributed by atoms with Crippen LogP contribution in [0.25, 0.3) is 0 Å². The highest BCUT2D eigenvalue weighted by atomic mass is 32.2. The highest BCUT2D eigenvalue weighted by molar-refractivity contribution is 7.98. The number of nitrogens with one attached hydrogen (secondary N) is 1. The van der Waals surface area contributed by atoms with Gasteiger partial charge < -0.3 is 10.2 Å². The molecule has 4 heteroatoms. The number of carbonyl (C=O) groups is 1. The van der Waals surface area contributed by atoms with Crippen LogP contribution in [0.5, 0.6) is 0 Å². The zero-order valence-corrected chi connectivity index (χ0v) is 11.1. The molecule has 3 atom stereocenters. The smallest absolute Gasteiger partial charge is 0.226 e. The summed E-state index contributed by atoms with van der Waals surface area (Å²) in [4.78, 5) is 14.6. The van der Waals surface area contributed by atoms with Gasteiger partial charge in [0.2, 0.25) is 5.91 Å². The number of hydrogen-bond donors (Lipinski definition) is 1. The molecule has 3 unspecified atom stereocenters. The van der Waals surface area contributed by atoms with Gasteiger partial charge in [-0.25, -0.2) is 0 Å². The Morgan fingerprint density at radius 1 is 1.44 bits per heavy atom. The van der Waals surface area contributed by atoms with Gasteiger partial charge in [-0.2, -0.15) is 11.8 Å². The van der Waals surface area contributed by atoms with Gasteiger partial charge >= 0.3 is 0 Å². The van der Waals surface area contributed by atoms with Gasteiger partial charge in [0.05, 0.1) is 0 Å². The van der Waals surface area contributed by atoms with Crippen molar-refractivity contribution in [3.8, 4) is 0 Å². The summed E-state index contributed by atoms with van der Waals surface area (Å²) in [5.74, 6) is 1.50. The van der Waals surface area contributed by atoms with Crippen LogP contribution in [0.4, 0.5) is 0 Å². The van der Waals surface area contributed by atoms with Gasteiger partial charge in [0.1, 0.15) is 0 Å². The van der Waals surface area contributed by atoms with Gasteiger partial charge in [0, 0.05) is 30.3 Å². The lowest BCUT2D eigenvalue weighted by Crippen LogP contribution is -2.45. The maximum atomic E-state index is 12.4. The third kappa shape index (κ3) is 2.38. The molecule has 1 amide bonds. The number of fused-ring (bicyclic) bond motifs is 2. The molecule has 0 aromatic carbocycles. The second-order valence-electron chi connectivity index (χ2n) is 4.98. The molecule has 0 aromatic rings. The summed E-state index contributed by atoms with van der Waals surface area (Å²) in [6, 6.07) is 0.973. The van der Waals surface area contributed by atoms with Gasteiger partial charge in [-0.15, -0.1) is 0 Å². The van der Waals surface area contributed by atoms with Crippen molar-refractivity contribution >= 4 is 17.7 Å². The average Bonchev–Trinajstić information content (AvgIpc) is 2.51. The molecule has 0 radical (unpaired) electrons. The van der Waals surface area contributed by atoms with Crippen molar-refractivity contribution in [3.05, 3.63) is 0 Å². The van der Waals surface area contributed by atoms with E-state index in [-0.39, 0.29) is 5.92 Å². The fraction of sp³-hybridized carbons (Fsp3) is 0.917. The third-order valence-electron chi connectivity index (χ3n) is 3.75. The monoisotopic (exact) mass is 242 g/mol. The molecule has 2 bridgehead atoms. The Kier molecular flexibility index (Phi) is 4.14. The fourth-order valence-corrected chi connectivity index (χ4v) is 3.56. The number of amides is 1. The highest BCUT2D eigenvalue weighted by Crippen LogP contribution is 2.29. The van der Waals surface area contributed by atoms with Crippen LogP contribution >= 0.6 is 11.8 Å². The number of carbonyl (C=O) groups excluding carboxylic acids is 1. The van der Waals surface area contributed by atoms with Crippen molar-refractivity contribution < 1.29 is 4.79 Å². The lowest BCUT2D eigenvalue weighted by molar-refractivity contribution is -0.136. The Hall–Kier alpha value is -0.220. The van der Waals surface area contributed by atoms with Gasteiger partial charge in [0.25, 0.3) is 0 Å². The van der Waals surface area contributed by atoms with Crippen molar-refractivity contribution in [1.29, 1.82) is 0 Å². The summed E-state index contributed by atoms with van der Waals surface area (Å²) in [5.41, 5.74) is 0. The van der Waals surface area contributed by atoms with Gasteiger partial charge in [-0.05, 0) is 32.1 Å². The van der Waals surface area contributed by atoms with Crippen LogP contribution in [-0.2, 0) is 4.79 Å². The molecule has 1 N–H and O–H groups in total. The molecule has 2 rings (SSSR count). The second-order valence-corrected chi connectivity index (χ2v) is 5.89. The van der Waals surface area contributed by atoms with Crippen LogP contribution in [-0.4, -0.2) is 48.0 Å². The average molecular weight is 242 g/mol. The second kappa shape index (κ2) is 5.41. The van der Waals surface area contributed by atoms with E-state index in [0.717, 1.165) is 25.3 Å². The van der Waals surface area contributed by atoms with E-state index in [2.05, 4.69) is 23.4 Å². The first-order valence-electron chi connectivity index (χ1n) is 6.26. The van der Waals surface area contributed by atoms with Crippen LogP contribution in [0.15, 0.2) is 0 Å². The highest BCUT2D eigenvalue weighted by Gasteiger charge is 2.39. The van der Waals surface area contributed by atoms with E-state index in [1.165, 1.54) is 12.8 Å². The first-order valence-corrected chi connectivity index (χ1v) is 7.65. The predicted molar refractivity (Wildman–Crippen MR) is 68.7 cm³/mol. The van der Waals surface area contributed by atoms with E-state index in [0.29, 0.717) is 18.0 Å². The largest absolute Gasteiger partial charge is 0.335 e. The number of thioether (sulfide) groups is 1.